The summed E-state index contributed by atoms with van der Waals surface area (Å²) in [5.74, 6) is -0.447. The van der Waals surface area contributed by atoms with Crippen LogP contribution in [-0.2, 0) is 9.53 Å². The minimum Gasteiger partial charge on any atom is -0.379 e. The number of nitrogens with zero attached hydrogens (tertiary/aromatic N) is 1. The average molecular weight is 396 g/mol. The van der Waals surface area contributed by atoms with Crippen LogP contribution in [0, 0.1) is 13.8 Å². The lowest BCUT2D eigenvalue weighted by Gasteiger charge is -2.31. The highest BCUT2D eigenvalue weighted by Gasteiger charge is 2.20. The number of benzene rings is 2. The number of ether oxygens (including phenoxy) is 1. The fourth-order valence-electron chi connectivity index (χ4n) is 3.35. The van der Waals surface area contributed by atoms with Crippen LogP contribution in [0.25, 0.3) is 0 Å². The van der Waals surface area contributed by atoms with E-state index in [2.05, 4.69) is 15.5 Å². The second kappa shape index (κ2) is 10.2. The van der Waals surface area contributed by atoms with Gasteiger partial charge in [-0.1, -0.05) is 36.4 Å². The van der Waals surface area contributed by atoms with E-state index in [4.69, 9.17) is 4.74 Å². The largest absolute Gasteiger partial charge is 0.379 e. The number of amides is 2. The molecule has 0 aliphatic carbocycles. The number of rotatable bonds is 7. The number of hydrogen-bond donors (Lipinski definition) is 2. The maximum absolute atomic E-state index is 12.6. The predicted molar refractivity (Wildman–Crippen MR) is 113 cm³/mol. The van der Waals surface area contributed by atoms with Gasteiger partial charge >= 0.3 is 0 Å². The highest BCUT2D eigenvalue weighted by Crippen LogP contribution is 2.15. The smallest absolute Gasteiger partial charge is 0.251 e. The molecule has 0 spiro atoms. The second-order valence-corrected chi connectivity index (χ2v) is 7.43. The van der Waals surface area contributed by atoms with Crippen LogP contribution >= 0.6 is 0 Å². The van der Waals surface area contributed by atoms with Crippen LogP contribution in [0.15, 0.2) is 48.5 Å². The molecular formula is C23H29N3O3. The molecule has 1 atom stereocenters. The number of carbonyl (C=O) groups is 2. The Kier molecular flexibility index (Phi) is 7.38. The first-order valence-corrected chi connectivity index (χ1v) is 10.0. The number of morpholine rings is 1. The van der Waals surface area contributed by atoms with Crippen LogP contribution in [0.2, 0.25) is 0 Å². The lowest BCUT2D eigenvalue weighted by molar-refractivity contribution is -0.121. The summed E-state index contributed by atoms with van der Waals surface area (Å²) >= 11 is 0. The molecule has 1 saturated heterocycles. The van der Waals surface area contributed by atoms with Crippen molar-refractivity contribution in [3.8, 4) is 0 Å². The SMILES string of the molecule is Cc1ccc(C(=O)NCC(=O)N[C@@H](CN2CCOCC2)c2ccccc2)cc1C. The molecule has 1 heterocycles. The summed E-state index contributed by atoms with van der Waals surface area (Å²) < 4.78 is 5.41. The number of carbonyl (C=O) groups excluding carboxylic acids is 2. The molecule has 1 aliphatic heterocycles. The normalized spacial score (nSPS) is 15.5. The molecule has 6 heteroatoms. The van der Waals surface area contributed by atoms with Gasteiger partial charge in [0.25, 0.3) is 5.91 Å². The molecule has 6 nitrogen and oxygen atoms in total. The Labute approximate surface area is 172 Å². The van der Waals surface area contributed by atoms with Crippen molar-refractivity contribution >= 4 is 11.8 Å². The van der Waals surface area contributed by atoms with Gasteiger partial charge < -0.3 is 15.4 Å². The van der Waals surface area contributed by atoms with E-state index in [1.807, 2.05) is 56.3 Å². The third kappa shape index (κ3) is 6.14. The van der Waals surface area contributed by atoms with Crippen molar-refractivity contribution in [2.24, 2.45) is 0 Å². The molecule has 2 N–H and O–H groups in total. The molecule has 0 aromatic heterocycles. The van der Waals surface area contributed by atoms with Gasteiger partial charge in [-0.2, -0.15) is 0 Å². The van der Waals surface area contributed by atoms with E-state index in [0.29, 0.717) is 25.3 Å². The minimum absolute atomic E-state index is 0.0573. The first-order chi connectivity index (χ1) is 14.0. The highest BCUT2D eigenvalue weighted by atomic mass is 16.5. The molecule has 154 valence electrons. The van der Waals surface area contributed by atoms with Crippen LogP contribution in [0.5, 0.6) is 0 Å². The molecule has 1 fully saturated rings. The fourth-order valence-corrected chi connectivity index (χ4v) is 3.35. The van der Waals surface area contributed by atoms with Gasteiger partial charge in [-0.15, -0.1) is 0 Å². The molecule has 0 saturated carbocycles. The third-order valence-corrected chi connectivity index (χ3v) is 5.26. The standard InChI is InChI=1S/C23H29N3O3/c1-17-8-9-20(14-18(17)2)23(28)24-15-22(27)25-21(19-6-4-3-5-7-19)16-26-10-12-29-13-11-26/h3-9,14,21H,10-13,15-16H2,1-2H3,(H,24,28)(H,25,27)/t21-/m0/s1. The van der Waals surface area contributed by atoms with E-state index in [-0.39, 0.29) is 24.4 Å². The Bertz CT molecular complexity index is 833. The van der Waals surface area contributed by atoms with Crippen LogP contribution in [0.4, 0.5) is 0 Å². The summed E-state index contributed by atoms with van der Waals surface area (Å²) in [5, 5.41) is 5.79. The van der Waals surface area contributed by atoms with Crippen molar-refractivity contribution in [3.63, 3.8) is 0 Å². The van der Waals surface area contributed by atoms with Gasteiger partial charge in [0.1, 0.15) is 0 Å². The van der Waals surface area contributed by atoms with Crippen LogP contribution in [-0.4, -0.2) is 56.1 Å². The summed E-state index contributed by atoms with van der Waals surface area (Å²) in [4.78, 5) is 27.2. The molecule has 29 heavy (non-hydrogen) atoms. The van der Waals surface area contributed by atoms with Crippen molar-refractivity contribution < 1.29 is 14.3 Å². The van der Waals surface area contributed by atoms with Crippen molar-refractivity contribution in [1.29, 1.82) is 0 Å². The molecule has 1 aliphatic rings. The number of nitrogens with one attached hydrogen (secondary N) is 2. The van der Waals surface area contributed by atoms with Gasteiger partial charge in [0.2, 0.25) is 5.91 Å². The molecule has 0 unspecified atom stereocenters. The topological polar surface area (TPSA) is 70.7 Å². The molecule has 2 amide bonds. The lowest BCUT2D eigenvalue weighted by atomic mass is 10.1. The first kappa shape index (κ1) is 21.0. The average Bonchev–Trinajstić information content (AvgIpc) is 2.75. The van der Waals surface area contributed by atoms with E-state index in [1.54, 1.807) is 6.07 Å². The van der Waals surface area contributed by atoms with Gasteiger partial charge in [0, 0.05) is 25.2 Å². The Morgan fingerprint density at radius 1 is 1.03 bits per heavy atom. The Morgan fingerprint density at radius 3 is 2.45 bits per heavy atom. The lowest BCUT2D eigenvalue weighted by Crippen LogP contribution is -2.45. The Hall–Kier alpha value is -2.70. The van der Waals surface area contributed by atoms with Crippen molar-refractivity contribution in [1.82, 2.24) is 15.5 Å². The van der Waals surface area contributed by atoms with E-state index in [0.717, 1.165) is 29.8 Å². The monoisotopic (exact) mass is 395 g/mol. The zero-order valence-electron chi connectivity index (χ0n) is 17.1. The van der Waals surface area contributed by atoms with E-state index < -0.39 is 0 Å². The highest BCUT2D eigenvalue weighted by molar-refractivity contribution is 5.96. The van der Waals surface area contributed by atoms with Crippen LogP contribution in [0.1, 0.15) is 33.1 Å². The molecule has 2 aromatic rings. The van der Waals surface area contributed by atoms with Gasteiger partial charge in [0.05, 0.1) is 25.8 Å². The van der Waals surface area contributed by atoms with Crippen molar-refractivity contribution in [2.75, 3.05) is 39.4 Å². The Balaban J connectivity index is 1.58. The first-order valence-electron chi connectivity index (χ1n) is 10.0. The van der Waals surface area contributed by atoms with Crippen LogP contribution < -0.4 is 10.6 Å². The molecule has 2 aromatic carbocycles. The van der Waals surface area contributed by atoms with Crippen LogP contribution in [0.3, 0.4) is 0 Å². The summed E-state index contributed by atoms with van der Waals surface area (Å²) in [6.45, 7) is 7.74. The van der Waals surface area contributed by atoms with Gasteiger partial charge in [-0.05, 0) is 42.7 Å². The summed E-state index contributed by atoms with van der Waals surface area (Å²) in [7, 11) is 0. The van der Waals surface area contributed by atoms with Gasteiger partial charge in [0.15, 0.2) is 0 Å². The quantitative estimate of drug-likeness (QED) is 0.754. The van der Waals surface area contributed by atoms with Crippen molar-refractivity contribution in [3.05, 3.63) is 70.8 Å². The van der Waals surface area contributed by atoms with Gasteiger partial charge in [-0.3, -0.25) is 14.5 Å². The zero-order chi connectivity index (χ0) is 20.6. The second-order valence-electron chi connectivity index (χ2n) is 7.43. The summed E-state index contributed by atoms with van der Waals surface area (Å²) in [5.41, 5.74) is 3.80. The number of aryl methyl sites for hydroxylation is 2. The summed E-state index contributed by atoms with van der Waals surface area (Å²) in [6.07, 6.45) is 0. The third-order valence-electron chi connectivity index (χ3n) is 5.26. The van der Waals surface area contributed by atoms with E-state index in [1.165, 1.54) is 0 Å². The van der Waals surface area contributed by atoms with Gasteiger partial charge in [-0.25, -0.2) is 0 Å². The van der Waals surface area contributed by atoms with E-state index in [9.17, 15) is 9.59 Å². The van der Waals surface area contributed by atoms with Crippen molar-refractivity contribution in [2.45, 2.75) is 19.9 Å². The predicted octanol–water partition coefficient (Wildman–Crippen LogP) is 2.22. The molecule has 3 rings (SSSR count). The maximum atomic E-state index is 12.6. The zero-order valence-corrected chi connectivity index (χ0v) is 17.1. The summed E-state index contributed by atoms with van der Waals surface area (Å²) in [6, 6.07) is 15.3. The molecule has 0 radical (unpaired) electrons. The Morgan fingerprint density at radius 2 is 1.76 bits per heavy atom. The van der Waals surface area contributed by atoms with E-state index >= 15 is 0 Å². The minimum atomic E-state index is -0.243. The molecule has 0 bridgehead atoms. The molecular weight excluding hydrogens is 366 g/mol. The maximum Gasteiger partial charge on any atom is 0.251 e. The number of hydrogen-bond acceptors (Lipinski definition) is 4. The fraction of sp³-hybridized carbons (Fsp3) is 0.391.